The highest BCUT2D eigenvalue weighted by atomic mass is 32.1. The summed E-state index contributed by atoms with van der Waals surface area (Å²) in [6.45, 7) is 15.0. The molecule has 0 radical (unpaired) electrons. The zero-order valence-electron chi connectivity index (χ0n) is 19.0. The Morgan fingerprint density at radius 1 is 1.43 bits per heavy atom. The molecule has 0 saturated carbocycles. The van der Waals surface area contributed by atoms with Gasteiger partial charge in [-0.05, 0) is 26.3 Å². The Hall–Kier alpha value is -2.91. The summed E-state index contributed by atoms with van der Waals surface area (Å²) in [4.78, 5) is 23.1. The average molecular weight is 427 g/mol. The van der Waals surface area contributed by atoms with Crippen LogP contribution < -0.4 is 10.2 Å². The highest BCUT2D eigenvalue weighted by Gasteiger charge is 2.17. The molecule has 0 amide bonds. The van der Waals surface area contributed by atoms with Crippen LogP contribution in [0.15, 0.2) is 41.6 Å². The van der Waals surface area contributed by atoms with E-state index in [4.69, 9.17) is 6.42 Å². The van der Waals surface area contributed by atoms with Crippen molar-refractivity contribution < 1.29 is 4.79 Å². The number of hydrogen-bond donors (Lipinski definition) is 1. The molecule has 0 saturated heterocycles. The van der Waals surface area contributed by atoms with Gasteiger partial charge in [-0.1, -0.05) is 44.4 Å². The molecule has 0 aromatic carbocycles. The maximum Gasteiger partial charge on any atom is 0.162 e. The molecule has 2 aromatic heterocycles. The largest absolute Gasteiger partial charge is 0.363 e. The number of aldehydes is 1. The first-order chi connectivity index (χ1) is 14.5. The summed E-state index contributed by atoms with van der Waals surface area (Å²) >= 11 is 1.34. The summed E-state index contributed by atoms with van der Waals surface area (Å²) < 4.78 is 0. The van der Waals surface area contributed by atoms with Crippen molar-refractivity contribution in [2.75, 3.05) is 30.4 Å². The van der Waals surface area contributed by atoms with Gasteiger partial charge in [0, 0.05) is 13.2 Å². The van der Waals surface area contributed by atoms with Crippen LogP contribution in [-0.4, -0.2) is 37.7 Å². The van der Waals surface area contributed by atoms with Gasteiger partial charge in [0.05, 0.1) is 41.1 Å². The minimum atomic E-state index is 0.468. The topological polar surface area (TPSA) is 57.6 Å². The van der Waals surface area contributed by atoms with E-state index in [0.717, 1.165) is 22.2 Å². The van der Waals surface area contributed by atoms with E-state index < -0.39 is 0 Å². The van der Waals surface area contributed by atoms with Crippen molar-refractivity contribution >= 4 is 45.6 Å². The Labute approximate surface area is 185 Å². The van der Waals surface area contributed by atoms with E-state index in [1.165, 1.54) is 23.3 Å². The fraction of sp³-hybridized carbons (Fsp3) is 0.375. The third-order valence-electron chi connectivity index (χ3n) is 3.59. The fourth-order valence-electron chi connectivity index (χ4n) is 2.44. The van der Waals surface area contributed by atoms with Gasteiger partial charge in [0.1, 0.15) is 4.83 Å². The second-order valence-corrected chi connectivity index (χ2v) is 7.18. The molecule has 0 aliphatic rings. The number of hydrogen-bond acceptors (Lipinski definition) is 5. The van der Waals surface area contributed by atoms with Crippen LogP contribution in [0.3, 0.4) is 0 Å². The van der Waals surface area contributed by atoms with Crippen molar-refractivity contribution in [3.8, 4) is 12.3 Å². The maximum absolute atomic E-state index is 11.3. The maximum atomic E-state index is 11.3. The number of terminal acetylenes is 1. The van der Waals surface area contributed by atoms with E-state index >= 15 is 0 Å². The van der Waals surface area contributed by atoms with E-state index in [2.05, 4.69) is 54.6 Å². The predicted octanol–water partition coefficient (Wildman–Crippen LogP) is 6.19. The number of nitrogens with zero attached hydrogens (tertiary/aromatic N) is 3. The van der Waals surface area contributed by atoms with Crippen LogP contribution in [0.2, 0.25) is 0 Å². The van der Waals surface area contributed by atoms with Crippen molar-refractivity contribution in [2.24, 2.45) is 4.99 Å². The summed E-state index contributed by atoms with van der Waals surface area (Å²) in [6, 6.07) is 1.88. The number of allylic oxidation sites excluding steroid dienone is 2. The second kappa shape index (κ2) is 15.9. The lowest BCUT2D eigenvalue weighted by molar-refractivity contribution is 0.112. The Balaban J connectivity index is 0.000000905. The molecule has 0 aliphatic carbocycles. The number of carbonyl (C=O) groups is 1. The predicted molar refractivity (Wildman–Crippen MR) is 135 cm³/mol. The number of aromatic nitrogens is 1. The number of rotatable bonds is 8. The minimum Gasteiger partial charge on any atom is -0.363 e. The first-order valence-electron chi connectivity index (χ1n) is 10.00. The number of thiophene rings is 1. The summed E-state index contributed by atoms with van der Waals surface area (Å²) in [5.41, 5.74) is 3.04. The Morgan fingerprint density at radius 2 is 2.13 bits per heavy atom. The fourth-order valence-corrected chi connectivity index (χ4v) is 3.38. The Morgan fingerprint density at radius 3 is 2.63 bits per heavy atom. The highest BCUT2D eigenvalue weighted by molar-refractivity contribution is 7.21. The standard InChI is InChI=1S/C16H16N4OS.C6H12.C2H6/c1-4-7-17-11-19-15-13(10-21)22-16-14(15)12(6-8-18-16)20(3)9-5-2;1-4-5-6(2)3;1-2/h2,4,6,8,10-11H,1,7,9H2,3H3,(H,17,19);5H,4H2,1-3H3;1-2H3. The third-order valence-corrected chi connectivity index (χ3v) is 4.61. The molecule has 2 aromatic rings. The zero-order chi connectivity index (χ0) is 22.9. The van der Waals surface area contributed by atoms with Crippen LogP contribution in [0, 0.1) is 12.3 Å². The van der Waals surface area contributed by atoms with E-state index in [1.807, 2.05) is 31.9 Å². The summed E-state index contributed by atoms with van der Waals surface area (Å²) in [7, 11) is 1.91. The summed E-state index contributed by atoms with van der Waals surface area (Å²) in [6.07, 6.45) is 14.6. The lowest BCUT2D eigenvalue weighted by atomic mass is 10.2. The first-order valence-corrected chi connectivity index (χ1v) is 10.8. The molecule has 0 bridgehead atoms. The average Bonchev–Trinajstić information content (AvgIpc) is 3.11. The van der Waals surface area contributed by atoms with Crippen LogP contribution in [0.25, 0.3) is 10.2 Å². The van der Waals surface area contributed by atoms with E-state index in [1.54, 1.807) is 18.6 Å². The Bertz CT molecular complexity index is 886. The zero-order valence-corrected chi connectivity index (χ0v) is 19.8. The molecule has 1 N–H and O–H groups in total. The van der Waals surface area contributed by atoms with Crippen LogP contribution in [0.4, 0.5) is 11.4 Å². The molecule has 2 heterocycles. The monoisotopic (exact) mass is 426 g/mol. The third kappa shape index (κ3) is 8.62. The molecular formula is C24H34N4OS. The van der Waals surface area contributed by atoms with Crippen molar-refractivity contribution in [3.05, 3.63) is 41.4 Å². The molecule has 5 nitrogen and oxygen atoms in total. The molecule has 0 fully saturated rings. The van der Waals surface area contributed by atoms with Crippen LogP contribution >= 0.6 is 11.3 Å². The Kier molecular flexibility index (Phi) is 14.4. The van der Waals surface area contributed by atoms with Crippen LogP contribution in [0.5, 0.6) is 0 Å². The number of fused-ring (bicyclic) bond motifs is 1. The molecule has 162 valence electrons. The molecule has 0 aliphatic heterocycles. The first kappa shape index (κ1) is 27.1. The van der Waals surface area contributed by atoms with Crippen molar-refractivity contribution in [1.82, 2.24) is 4.98 Å². The number of nitrogens with one attached hydrogen (secondary N) is 1. The molecule has 0 atom stereocenters. The van der Waals surface area contributed by atoms with E-state index in [9.17, 15) is 4.79 Å². The number of anilines is 2. The van der Waals surface area contributed by atoms with Crippen molar-refractivity contribution in [1.29, 1.82) is 0 Å². The van der Waals surface area contributed by atoms with Gasteiger partial charge >= 0.3 is 0 Å². The summed E-state index contributed by atoms with van der Waals surface area (Å²) in [5.74, 6) is 2.61. The van der Waals surface area contributed by atoms with Gasteiger partial charge in [-0.2, -0.15) is 0 Å². The highest BCUT2D eigenvalue weighted by Crippen LogP contribution is 2.39. The molecule has 0 unspecified atom stereocenters. The lowest BCUT2D eigenvalue weighted by Gasteiger charge is -2.17. The van der Waals surface area contributed by atoms with E-state index in [-0.39, 0.29) is 0 Å². The normalized spacial score (nSPS) is 9.50. The molecule has 0 spiro atoms. The van der Waals surface area contributed by atoms with Gasteiger partial charge in [-0.25, -0.2) is 4.98 Å². The minimum absolute atomic E-state index is 0.468. The van der Waals surface area contributed by atoms with Gasteiger partial charge in [-0.3, -0.25) is 9.79 Å². The van der Waals surface area contributed by atoms with Crippen LogP contribution in [-0.2, 0) is 0 Å². The van der Waals surface area contributed by atoms with Crippen molar-refractivity contribution in [3.63, 3.8) is 0 Å². The lowest BCUT2D eigenvalue weighted by Crippen LogP contribution is -2.17. The SMILES string of the molecule is C#CCN(C)c1ccnc2sc(C=O)c(NC=NCC=C)c12.CC.CCC=C(C)C. The number of carbonyl (C=O) groups excluding carboxylic acids is 1. The number of pyridine rings is 1. The van der Waals surface area contributed by atoms with Crippen molar-refractivity contribution in [2.45, 2.75) is 41.0 Å². The molecular weight excluding hydrogens is 392 g/mol. The van der Waals surface area contributed by atoms with Gasteiger partial charge in [-0.15, -0.1) is 24.3 Å². The van der Waals surface area contributed by atoms with Gasteiger partial charge < -0.3 is 10.2 Å². The van der Waals surface area contributed by atoms with Gasteiger partial charge in [0.2, 0.25) is 0 Å². The van der Waals surface area contributed by atoms with E-state index in [0.29, 0.717) is 23.7 Å². The molecule has 30 heavy (non-hydrogen) atoms. The smallest absolute Gasteiger partial charge is 0.162 e. The quantitative estimate of drug-likeness (QED) is 0.180. The second-order valence-electron chi connectivity index (χ2n) is 6.15. The van der Waals surface area contributed by atoms with Gasteiger partial charge in [0.25, 0.3) is 0 Å². The molecule has 2 rings (SSSR count). The van der Waals surface area contributed by atoms with Gasteiger partial charge in [0.15, 0.2) is 6.29 Å². The number of aliphatic imine (C=N–C) groups is 1. The van der Waals surface area contributed by atoms with Crippen LogP contribution in [0.1, 0.15) is 50.7 Å². The molecule has 6 heteroatoms. The summed E-state index contributed by atoms with van der Waals surface area (Å²) in [5, 5.41) is 3.95.